The maximum Gasteiger partial charge on any atom is 0.290 e. The lowest BCUT2D eigenvalue weighted by Gasteiger charge is -2.25. The van der Waals surface area contributed by atoms with Gasteiger partial charge in [0.25, 0.3) is 5.91 Å². The Bertz CT molecular complexity index is 1060. The van der Waals surface area contributed by atoms with Crippen molar-refractivity contribution in [1.29, 1.82) is 0 Å². The first-order valence-electron chi connectivity index (χ1n) is 10.1. The number of ether oxygens (including phenoxy) is 1. The van der Waals surface area contributed by atoms with Crippen molar-refractivity contribution in [1.82, 2.24) is 41.1 Å². The monoisotopic (exact) mass is 441 g/mol. The van der Waals surface area contributed by atoms with Gasteiger partial charge in [-0.2, -0.15) is 4.68 Å². The number of hydrazine groups is 1. The lowest BCUT2D eigenvalue weighted by molar-refractivity contribution is -0.121. The molecule has 1 aromatic carbocycles. The van der Waals surface area contributed by atoms with E-state index in [0.29, 0.717) is 45.0 Å². The van der Waals surface area contributed by atoms with E-state index in [9.17, 15) is 9.59 Å². The molecule has 0 atom stereocenters. The molecule has 32 heavy (non-hydrogen) atoms. The number of carbonyl (C=O) groups excluding carboxylic acids is 2. The summed E-state index contributed by atoms with van der Waals surface area (Å²) >= 11 is 0. The van der Waals surface area contributed by atoms with Crippen LogP contribution in [0.25, 0.3) is 5.82 Å². The number of nitrogens with one attached hydrogen (secondary N) is 2. The topological polar surface area (TPSA) is 166 Å². The standard InChI is InChI=1S/C19H23N9O4/c20-17-18(25-32-24-17)28-16(14(21-26-28)12-27-8-10-31-11-9-27)19(30)23-22-15(29)7-6-13-4-2-1-3-5-13/h1-5H,6-12H2,(H2,20,24)(H,22,29)(H,23,30). The van der Waals surface area contributed by atoms with E-state index >= 15 is 0 Å². The largest absolute Gasteiger partial charge is 0.379 e. The van der Waals surface area contributed by atoms with Crippen molar-refractivity contribution in [2.75, 3.05) is 32.0 Å². The molecule has 1 fully saturated rings. The summed E-state index contributed by atoms with van der Waals surface area (Å²) in [4.78, 5) is 27.3. The minimum Gasteiger partial charge on any atom is -0.379 e. The average Bonchev–Trinajstić information content (AvgIpc) is 3.43. The van der Waals surface area contributed by atoms with Gasteiger partial charge >= 0.3 is 0 Å². The molecule has 4 N–H and O–H groups in total. The van der Waals surface area contributed by atoms with Gasteiger partial charge in [0.05, 0.1) is 13.2 Å². The number of morpholine rings is 1. The van der Waals surface area contributed by atoms with Crippen LogP contribution in [0.1, 0.15) is 28.2 Å². The van der Waals surface area contributed by atoms with Gasteiger partial charge in [-0.1, -0.05) is 35.5 Å². The highest BCUT2D eigenvalue weighted by Crippen LogP contribution is 2.17. The fraction of sp³-hybridized carbons (Fsp3) is 0.368. The summed E-state index contributed by atoms with van der Waals surface area (Å²) in [6.07, 6.45) is 0.758. The second-order valence-corrected chi connectivity index (χ2v) is 7.15. The van der Waals surface area contributed by atoms with Crippen LogP contribution in [0.4, 0.5) is 5.82 Å². The van der Waals surface area contributed by atoms with E-state index in [2.05, 4.69) is 41.0 Å². The van der Waals surface area contributed by atoms with Crippen LogP contribution in [0.2, 0.25) is 0 Å². The molecular formula is C19H23N9O4. The highest BCUT2D eigenvalue weighted by Gasteiger charge is 2.27. The molecule has 4 rings (SSSR count). The van der Waals surface area contributed by atoms with Crippen LogP contribution in [0.5, 0.6) is 0 Å². The van der Waals surface area contributed by atoms with Crippen LogP contribution in [0.15, 0.2) is 35.0 Å². The molecule has 3 aromatic rings. The van der Waals surface area contributed by atoms with Gasteiger partial charge in [-0.25, -0.2) is 4.63 Å². The molecule has 0 aliphatic carbocycles. The highest BCUT2D eigenvalue weighted by atomic mass is 16.6. The highest BCUT2D eigenvalue weighted by molar-refractivity contribution is 5.95. The summed E-state index contributed by atoms with van der Waals surface area (Å²) in [5.74, 6) is -0.965. The number of carbonyl (C=O) groups is 2. The van der Waals surface area contributed by atoms with E-state index in [1.165, 1.54) is 0 Å². The lowest BCUT2D eigenvalue weighted by Crippen LogP contribution is -2.43. The number of nitrogen functional groups attached to an aromatic ring is 1. The molecule has 0 saturated carbocycles. The zero-order chi connectivity index (χ0) is 22.3. The number of rotatable bonds is 7. The van der Waals surface area contributed by atoms with E-state index in [4.69, 9.17) is 10.5 Å². The lowest BCUT2D eigenvalue weighted by atomic mass is 10.1. The molecule has 1 aliphatic rings. The molecule has 3 heterocycles. The maximum absolute atomic E-state index is 13.0. The van der Waals surface area contributed by atoms with Crippen molar-refractivity contribution in [2.45, 2.75) is 19.4 Å². The number of hydrogen-bond donors (Lipinski definition) is 3. The molecule has 2 amide bonds. The van der Waals surface area contributed by atoms with E-state index in [-0.39, 0.29) is 29.7 Å². The second-order valence-electron chi connectivity index (χ2n) is 7.15. The summed E-state index contributed by atoms with van der Waals surface area (Å²) in [5.41, 5.74) is 12.1. The Morgan fingerprint density at radius 3 is 2.59 bits per heavy atom. The smallest absolute Gasteiger partial charge is 0.290 e. The molecule has 0 radical (unpaired) electrons. The first-order chi connectivity index (χ1) is 15.6. The third kappa shape index (κ3) is 5.07. The quantitative estimate of drug-likeness (QED) is 0.405. The summed E-state index contributed by atoms with van der Waals surface area (Å²) in [6.45, 7) is 2.93. The van der Waals surface area contributed by atoms with E-state index in [0.717, 1.165) is 10.2 Å². The van der Waals surface area contributed by atoms with E-state index < -0.39 is 5.91 Å². The SMILES string of the molecule is Nc1nonc1-n1nnc(CN2CCOCC2)c1C(=O)NNC(=O)CCc1ccccc1. The maximum atomic E-state index is 13.0. The van der Waals surface area contributed by atoms with Gasteiger partial charge < -0.3 is 10.5 Å². The molecular weight excluding hydrogens is 418 g/mol. The normalized spacial score (nSPS) is 14.2. The van der Waals surface area contributed by atoms with Crippen molar-refractivity contribution >= 4 is 17.6 Å². The van der Waals surface area contributed by atoms with Crippen molar-refractivity contribution in [3.8, 4) is 5.82 Å². The minimum atomic E-state index is -0.617. The van der Waals surface area contributed by atoms with Gasteiger partial charge in [0.2, 0.25) is 17.5 Å². The molecule has 2 aromatic heterocycles. The van der Waals surface area contributed by atoms with Gasteiger partial charge in [-0.05, 0) is 22.3 Å². The third-order valence-electron chi connectivity index (χ3n) is 4.93. The molecule has 1 aliphatic heterocycles. The number of nitrogens with zero attached hydrogens (tertiary/aromatic N) is 6. The van der Waals surface area contributed by atoms with Crippen molar-refractivity contribution < 1.29 is 19.0 Å². The first-order valence-corrected chi connectivity index (χ1v) is 10.1. The molecule has 13 heteroatoms. The van der Waals surface area contributed by atoms with Crippen molar-refractivity contribution in [2.24, 2.45) is 0 Å². The fourth-order valence-corrected chi connectivity index (χ4v) is 3.25. The summed E-state index contributed by atoms with van der Waals surface area (Å²) in [7, 11) is 0. The number of hydrogen-bond acceptors (Lipinski definition) is 10. The number of amides is 2. The van der Waals surface area contributed by atoms with Gasteiger partial charge in [0.1, 0.15) is 5.69 Å². The van der Waals surface area contributed by atoms with Crippen LogP contribution in [-0.4, -0.2) is 68.3 Å². The third-order valence-corrected chi connectivity index (χ3v) is 4.93. The predicted octanol–water partition coefficient (Wildman–Crippen LogP) is -0.541. The van der Waals surface area contributed by atoms with Crippen LogP contribution in [-0.2, 0) is 22.5 Å². The molecule has 0 bridgehead atoms. The molecule has 1 saturated heterocycles. The van der Waals surface area contributed by atoms with Crippen molar-refractivity contribution in [3.63, 3.8) is 0 Å². The molecule has 0 unspecified atom stereocenters. The Kier molecular flexibility index (Phi) is 6.67. The van der Waals surface area contributed by atoms with Crippen LogP contribution < -0.4 is 16.6 Å². The second kappa shape index (κ2) is 9.98. The minimum absolute atomic E-state index is 0.0336. The average molecular weight is 441 g/mol. The first kappa shape index (κ1) is 21.4. The van der Waals surface area contributed by atoms with E-state index in [1.54, 1.807) is 0 Å². The predicted molar refractivity (Wildman–Crippen MR) is 110 cm³/mol. The zero-order valence-electron chi connectivity index (χ0n) is 17.2. The van der Waals surface area contributed by atoms with Gasteiger partial charge in [0.15, 0.2) is 5.69 Å². The summed E-state index contributed by atoms with van der Waals surface area (Å²) in [6, 6.07) is 9.59. The fourth-order valence-electron chi connectivity index (χ4n) is 3.25. The van der Waals surface area contributed by atoms with Gasteiger partial charge in [-0.3, -0.25) is 25.3 Å². The number of aryl methyl sites for hydroxylation is 1. The summed E-state index contributed by atoms with van der Waals surface area (Å²) in [5, 5.41) is 15.3. The van der Waals surface area contributed by atoms with Gasteiger partial charge in [0, 0.05) is 26.1 Å². The Hall–Kier alpha value is -3.84. The summed E-state index contributed by atoms with van der Waals surface area (Å²) < 4.78 is 11.1. The van der Waals surface area contributed by atoms with Gasteiger partial charge in [-0.15, -0.1) is 5.10 Å². The molecule has 13 nitrogen and oxygen atoms in total. The van der Waals surface area contributed by atoms with Crippen LogP contribution in [0.3, 0.4) is 0 Å². The Morgan fingerprint density at radius 1 is 1.09 bits per heavy atom. The number of anilines is 1. The van der Waals surface area contributed by atoms with E-state index in [1.807, 2.05) is 30.3 Å². The number of benzene rings is 1. The Morgan fingerprint density at radius 2 is 1.88 bits per heavy atom. The number of aromatic nitrogens is 5. The zero-order valence-corrected chi connectivity index (χ0v) is 17.2. The molecule has 0 spiro atoms. The Labute approximate surface area is 182 Å². The number of nitrogens with two attached hydrogens (primary N) is 1. The van der Waals surface area contributed by atoms with Crippen LogP contribution >= 0.6 is 0 Å². The molecule has 168 valence electrons. The Balaban J connectivity index is 1.45. The van der Waals surface area contributed by atoms with Crippen LogP contribution in [0, 0.1) is 0 Å². The van der Waals surface area contributed by atoms with Crippen molar-refractivity contribution in [3.05, 3.63) is 47.3 Å².